The van der Waals surface area contributed by atoms with Crippen LogP contribution in [0.25, 0.3) is 0 Å². The number of benzene rings is 3. The van der Waals surface area contributed by atoms with Crippen molar-refractivity contribution in [2.24, 2.45) is 0 Å². The van der Waals surface area contributed by atoms with Gasteiger partial charge >= 0.3 is 0 Å². The molecule has 6 heteroatoms. The van der Waals surface area contributed by atoms with E-state index in [1.807, 2.05) is 60.7 Å². The van der Waals surface area contributed by atoms with Gasteiger partial charge in [-0.3, -0.25) is 4.79 Å². The van der Waals surface area contributed by atoms with Crippen LogP contribution in [-0.2, 0) is 14.8 Å². The molecule has 0 saturated carbocycles. The molecule has 1 N–H and O–H groups in total. The SMILES string of the molecule is O=C(Nc1ccc(S(=O)(=O)N2CCCCC2)cc1)C(c1ccccc1)c1ccccc1. The zero-order chi connectivity index (χ0) is 21.7. The summed E-state index contributed by atoms with van der Waals surface area (Å²) in [5.41, 5.74) is 2.37. The van der Waals surface area contributed by atoms with E-state index in [0.717, 1.165) is 30.4 Å². The number of nitrogens with zero attached hydrogens (tertiary/aromatic N) is 1. The second-order valence-electron chi connectivity index (χ2n) is 7.73. The van der Waals surface area contributed by atoms with E-state index >= 15 is 0 Å². The van der Waals surface area contributed by atoms with Crippen molar-refractivity contribution < 1.29 is 13.2 Å². The molecule has 3 aromatic rings. The molecule has 5 nitrogen and oxygen atoms in total. The topological polar surface area (TPSA) is 66.5 Å². The molecule has 1 heterocycles. The van der Waals surface area contributed by atoms with Crippen LogP contribution < -0.4 is 5.32 Å². The third-order valence-electron chi connectivity index (χ3n) is 5.60. The minimum absolute atomic E-state index is 0.163. The van der Waals surface area contributed by atoms with Crippen LogP contribution in [-0.4, -0.2) is 31.7 Å². The average molecular weight is 435 g/mol. The van der Waals surface area contributed by atoms with Gasteiger partial charge in [0, 0.05) is 18.8 Å². The van der Waals surface area contributed by atoms with E-state index < -0.39 is 15.9 Å². The summed E-state index contributed by atoms with van der Waals surface area (Å²) in [7, 11) is -3.49. The molecule has 1 fully saturated rings. The number of carbonyl (C=O) groups is 1. The van der Waals surface area contributed by atoms with Crippen molar-refractivity contribution in [2.45, 2.75) is 30.1 Å². The first-order valence-corrected chi connectivity index (χ1v) is 12.0. The van der Waals surface area contributed by atoms with Crippen LogP contribution >= 0.6 is 0 Å². The fourth-order valence-electron chi connectivity index (χ4n) is 3.97. The first-order chi connectivity index (χ1) is 15.1. The summed E-state index contributed by atoms with van der Waals surface area (Å²) in [5, 5.41) is 2.95. The molecular formula is C25H26N2O3S. The van der Waals surface area contributed by atoms with E-state index in [1.54, 1.807) is 28.6 Å². The summed E-state index contributed by atoms with van der Waals surface area (Å²) >= 11 is 0. The van der Waals surface area contributed by atoms with Gasteiger partial charge in [0.05, 0.1) is 10.8 Å². The van der Waals surface area contributed by atoms with Crippen LogP contribution in [0, 0.1) is 0 Å². The first-order valence-electron chi connectivity index (χ1n) is 10.6. The van der Waals surface area contributed by atoms with Crippen LogP contribution in [0.3, 0.4) is 0 Å². The fraction of sp³-hybridized carbons (Fsp3) is 0.240. The molecule has 0 spiro atoms. The molecule has 0 aromatic heterocycles. The monoisotopic (exact) mass is 434 g/mol. The molecule has 0 aliphatic carbocycles. The summed E-state index contributed by atoms with van der Waals surface area (Å²) in [6, 6.07) is 25.7. The smallest absolute Gasteiger partial charge is 0.243 e. The summed E-state index contributed by atoms with van der Waals surface area (Å²) < 4.78 is 27.2. The fourth-order valence-corrected chi connectivity index (χ4v) is 5.48. The quantitative estimate of drug-likeness (QED) is 0.615. The highest BCUT2D eigenvalue weighted by Gasteiger charge is 2.26. The van der Waals surface area contributed by atoms with Crippen molar-refractivity contribution in [3.05, 3.63) is 96.1 Å². The standard InChI is InChI=1S/C25H26N2O3S/c28-25(24(20-10-4-1-5-11-20)21-12-6-2-7-13-21)26-22-14-16-23(17-15-22)31(29,30)27-18-8-3-9-19-27/h1-2,4-7,10-17,24H,3,8-9,18-19H2,(H,26,28). The van der Waals surface area contributed by atoms with Gasteiger partial charge in [0.15, 0.2) is 0 Å². The van der Waals surface area contributed by atoms with E-state index in [-0.39, 0.29) is 10.8 Å². The molecule has 1 aliphatic rings. The van der Waals surface area contributed by atoms with Gasteiger partial charge in [-0.2, -0.15) is 4.31 Å². The van der Waals surface area contributed by atoms with E-state index in [2.05, 4.69) is 5.32 Å². The Morgan fingerprint density at radius 1 is 0.742 bits per heavy atom. The van der Waals surface area contributed by atoms with Gasteiger partial charge in [-0.15, -0.1) is 0 Å². The van der Waals surface area contributed by atoms with Gasteiger partial charge < -0.3 is 5.32 Å². The minimum atomic E-state index is -3.49. The van der Waals surface area contributed by atoms with E-state index in [0.29, 0.717) is 18.8 Å². The molecule has 3 aromatic carbocycles. The molecule has 1 aliphatic heterocycles. The van der Waals surface area contributed by atoms with Crippen LogP contribution in [0.4, 0.5) is 5.69 Å². The molecule has 0 unspecified atom stereocenters. The second kappa shape index (κ2) is 9.45. The lowest BCUT2D eigenvalue weighted by atomic mass is 9.90. The molecule has 0 radical (unpaired) electrons. The first kappa shape index (κ1) is 21.3. The lowest BCUT2D eigenvalue weighted by Crippen LogP contribution is -2.35. The average Bonchev–Trinajstić information content (AvgIpc) is 2.81. The molecule has 31 heavy (non-hydrogen) atoms. The van der Waals surface area contributed by atoms with Crippen molar-refractivity contribution in [1.82, 2.24) is 4.31 Å². The van der Waals surface area contributed by atoms with E-state index in [1.165, 1.54) is 0 Å². The lowest BCUT2D eigenvalue weighted by molar-refractivity contribution is -0.116. The zero-order valence-corrected chi connectivity index (χ0v) is 18.1. The molecule has 4 rings (SSSR count). The normalized spacial score (nSPS) is 15.0. The van der Waals surface area contributed by atoms with Crippen LogP contribution in [0.2, 0.25) is 0 Å². The zero-order valence-electron chi connectivity index (χ0n) is 17.3. The Balaban J connectivity index is 1.54. The lowest BCUT2D eigenvalue weighted by Gasteiger charge is -2.26. The third kappa shape index (κ3) is 4.86. The molecule has 160 valence electrons. The number of hydrogen-bond donors (Lipinski definition) is 1. The Morgan fingerprint density at radius 3 is 1.77 bits per heavy atom. The van der Waals surface area contributed by atoms with E-state index in [4.69, 9.17) is 0 Å². The van der Waals surface area contributed by atoms with Crippen LogP contribution in [0.5, 0.6) is 0 Å². The Bertz CT molecular complexity index is 1070. The minimum Gasteiger partial charge on any atom is -0.325 e. The second-order valence-corrected chi connectivity index (χ2v) is 9.67. The summed E-state index contributed by atoms with van der Waals surface area (Å²) in [6.45, 7) is 1.13. The van der Waals surface area contributed by atoms with Crippen molar-refractivity contribution in [3.63, 3.8) is 0 Å². The van der Waals surface area contributed by atoms with Gasteiger partial charge in [0.1, 0.15) is 0 Å². The predicted molar refractivity (Wildman–Crippen MR) is 122 cm³/mol. The summed E-state index contributed by atoms with van der Waals surface area (Å²) in [6.07, 6.45) is 2.86. The van der Waals surface area contributed by atoms with Gasteiger partial charge in [0.25, 0.3) is 0 Å². The highest BCUT2D eigenvalue weighted by Crippen LogP contribution is 2.27. The molecule has 1 saturated heterocycles. The van der Waals surface area contributed by atoms with Gasteiger partial charge in [-0.1, -0.05) is 67.1 Å². The number of amides is 1. The van der Waals surface area contributed by atoms with E-state index in [9.17, 15) is 13.2 Å². The third-order valence-corrected chi connectivity index (χ3v) is 7.52. The molecule has 0 atom stereocenters. The number of anilines is 1. The maximum absolute atomic E-state index is 13.2. The highest BCUT2D eigenvalue weighted by atomic mass is 32.2. The Morgan fingerprint density at radius 2 is 1.26 bits per heavy atom. The maximum atomic E-state index is 13.2. The Hall–Kier alpha value is -2.96. The van der Waals surface area contributed by atoms with Crippen molar-refractivity contribution in [2.75, 3.05) is 18.4 Å². The summed E-state index contributed by atoms with van der Waals surface area (Å²) in [4.78, 5) is 13.5. The van der Waals surface area contributed by atoms with Gasteiger partial charge in [-0.05, 0) is 48.2 Å². The Labute approximate surface area is 183 Å². The number of nitrogens with one attached hydrogen (secondary N) is 1. The molecular weight excluding hydrogens is 408 g/mol. The largest absolute Gasteiger partial charge is 0.325 e. The van der Waals surface area contributed by atoms with Crippen LogP contribution in [0.15, 0.2) is 89.8 Å². The number of sulfonamides is 1. The van der Waals surface area contributed by atoms with Crippen molar-refractivity contribution in [1.29, 1.82) is 0 Å². The summed E-state index contributed by atoms with van der Waals surface area (Å²) in [5.74, 6) is -0.622. The van der Waals surface area contributed by atoms with Gasteiger partial charge in [0.2, 0.25) is 15.9 Å². The van der Waals surface area contributed by atoms with Crippen molar-refractivity contribution >= 4 is 21.6 Å². The predicted octanol–water partition coefficient (Wildman–Crippen LogP) is 4.63. The molecule has 0 bridgehead atoms. The number of piperidine rings is 1. The number of carbonyl (C=O) groups excluding carboxylic acids is 1. The highest BCUT2D eigenvalue weighted by molar-refractivity contribution is 7.89. The van der Waals surface area contributed by atoms with Crippen LogP contribution in [0.1, 0.15) is 36.3 Å². The number of hydrogen-bond acceptors (Lipinski definition) is 3. The van der Waals surface area contributed by atoms with Gasteiger partial charge in [-0.25, -0.2) is 8.42 Å². The molecule has 1 amide bonds. The number of rotatable bonds is 6. The maximum Gasteiger partial charge on any atom is 0.243 e. The Kier molecular flexibility index (Phi) is 6.49. The van der Waals surface area contributed by atoms with Crippen molar-refractivity contribution in [3.8, 4) is 0 Å².